The molecule has 0 unspecified atom stereocenters. The first-order chi connectivity index (χ1) is 11.3. The van der Waals surface area contributed by atoms with Gasteiger partial charge in [-0.05, 0) is 32.6 Å². The predicted octanol–water partition coefficient (Wildman–Crippen LogP) is 4.95. The van der Waals surface area contributed by atoms with Crippen molar-refractivity contribution in [2.45, 2.75) is 92.4 Å². The molecule has 0 heterocycles. The summed E-state index contributed by atoms with van der Waals surface area (Å²) in [6.45, 7) is 16.8. The Bertz CT molecular complexity index is 339. The van der Waals surface area contributed by atoms with Crippen molar-refractivity contribution in [3.8, 4) is 0 Å². The van der Waals surface area contributed by atoms with Crippen LogP contribution >= 0.6 is 0 Å². The molecule has 0 fully saturated rings. The van der Waals surface area contributed by atoms with E-state index in [-0.39, 0.29) is 5.75 Å². The monoisotopic (exact) mass is 365 g/mol. The largest absolute Gasteiger partial charge is 0.748 e. The zero-order valence-electron chi connectivity index (χ0n) is 17.0. The summed E-state index contributed by atoms with van der Waals surface area (Å²) in [5.41, 5.74) is 0. The minimum Gasteiger partial charge on any atom is -0.748 e. The first-order valence-corrected chi connectivity index (χ1v) is 11.7. The van der Waals surface area contributed by atoms with Crippen LogP contribution in [0.4, 0.5) is 0 Å². The lowest BCUT2D eigenvalue weighted by molar-refractivity contribution is -0.926. The molecule has 0 aliphatic heterocycles. The molecule has 5 heteroatoms. The van der Waals surface area contributed by atoms with E-state index in [4.69, 9.17) is 0 Å². The maximum Gasteiger partial charge on any atom is 0.0945 e. The Morgan fingerprint density at radius 3 is 1.42 bits per heavy atom. The van der Waals surface area contributed by atoms with Crippen LogP contribution in [0.3, 0.4) is 0 Å². The molecule has 0 N–H and O–H groups in total. The van der Waals surface area contributed by atoms with Gasteiger partial charge in [-0.1, -0.05) is 59.8 Å². The van der Waals surface area contributed by atoms with Crippen LogP contribution in [0.2, 0.25) is 0 Å². The van der Waals surface area contributed by atoms with Crippen molar-refractivity contribution >= 4 is 10.1 Å². The summed E-state index contributed by atoms with van der Waals surface area (Å²) in [5.74, 6) is -0.195. The molecule has 0 aromatic heterocycles. The van der Waals surface area contributed by atoms with Gasteiger partial charge < -0.3 is 9.04 Å². The Balaban J connectivity index is 0. The molecule has 4 nitrogen and oxygen atoms in total. The highest BCUT2D eigenvalue weighted by Gasteiger charge is 2.21. The van der Waals surface area contributed by atoms with E-state index in [9.17, 15) is 13.0 Å². The molecule has 0 saturated heterocycles. The SMILES string of the molecule is CCCCCCCCS(=O)(=O)[O-].CCC[N+](CC)(CCC)CCC. The second-order valence-corrected chi connectivity index (χ2v) is 8.38. The number of unbranched alkanes of at least 4 members (excludes halogenated alkanes) is 5. The Morgan fingerprint density at radius 1 is 0.667 bits per heavy atom. The zero-order chi connectivity index (χ0) is 18.9. The van der Waals surface area contributed by atoms with E-state index >= 15 is 0 Å². The molecular weight excluding hydrogens is 322 g/mol. The van der Waals surface area contributed by atoms with Crippen molar-refractivity contribution in [1.29, 1.82) is 0 Å². The van der Waals surface area contributed by atoms with Gasteiger partial charge in [-0.2, -0.15) is 0 Å². The molecule has 0 aliphatic carbocycles. The van der Waals surface area contributed by atoms with Gasteiger partial charge in [0.2, 0.25) is 0 Å². The molecule has 0 aliphatic rings. The molecule has 0 saturated carbocycles. The molecule has 148 valence electrons. The van der Waals surface area contributed by atoms with E-state index in [2.05, 4.69) is 34.6 Å². The van der Waals surface area contributed by atoms with Gasteiger partial charge >= 0.3 is 0 Å². The fourth-order valence-corrected chi connectivity index (χ4v) is 3.85. The Kier molecular flexibility index (Phi) is 17.8. The zero-order valence-corrected chi connectivity index (χ0v) is 17.8. The number of rotatable bonds is 14. The van der Waals surface area contributed by atoms with E-state index in [1.807, 2.05) is 0 Å². The Labute approximate surface area is 152 Å². The van der Waals surface area contributed by atoms with E-state index in [0.29, 0.717) is 6.42 Å². The molecule has 0 aromatic rings. The minimum atomic E-state index is -3.97. The molecule has 0 aromatic carbocycles. The van der Waals surface area contributed by atoms with Crippen LogP contribution in [-0.4, -0.2) is 49.4 Å². The van der Waals surface area contributed by atoms with E-state index in [1.165, 1.54) is 62.8 Å². The van der Waals surface area contributed by atoms with Gasteiger partial charge in [-0.25, -0.2) is 8.42 Å². The number of hydrogen-bond donors (Lipinski definition) is 0. The average Bonchev–Trinajstić information content (AvgIpc) is 2.51. The molecule has 0 radical (unpaired) electrons. The minimum absolute atomic E-state index is 0.195. The van der Waals surface area contributed by atoms with Gasteiger partial charge in [0, 0.05) is 5.75 Å². The van der Waals surface area contributed by atoms with Crippen LogP contribution in [0, 0.1) is 0 Å². The van der Waals surface area contributed by atoms with Gasteiger partial charge in [0.25, 0.3) is 0 Å². The molecule has 0 amide bonds. The molecule has 0 bridgehead atoms. The predicted molar refractivity (Wildman–Crippen MR) is 104 cm³/mol. The van der Waals surface area contributed by atoms with E-state index in [0.717, 1.165) is 19.3 Å². The van der Waals surface area contributed by atoms with Gasteiger partial charge in [0.05, 0.1) is 36.3 Å². The summed E-state index contributed by atoms with van der Waals surface area (Å²) in [6, 6.07) is 0. The van der Waals surface area contributed by atoms with Crippen molar-refractivity contribution < 1.29 is 17.5 Å². The Morgan fingerprint density at radius 2 is 1.08 bits per heavy atom. The number of quaternary nitrogens is 1. The third-order valence-electron chi connectivity index (χ3n) is 4.51. The smallest absolute Gasteiger partial charge is 0.0945 e. The van der Waals surface area contributed by atoms with Gasteiger partial charge in [0.15, 0.2) is 0 Å². The third-order valence-corrected chi connectivity index (χ3v) is 5.30. The second kappa shape index (κ2) is 16.3. The lowest BCUT2D eigenvalue weighted by Gasteiger charge is -2.37. The van der Waals surface area contributed by atoms with E-state index in [1.54, 1.807) is 0 Å². The van der Waals surface area contributed by atoms with Crippen molar-refractivity contribution in [2.75, 3.05) is 31.9 Å². The lowest BCUT2D eigenvalue weighted by atomic mass is 10.1. The highest BCUT2D eigenvalue weighted by Crippen LogP contribution is 2.10. The van der Waals surface area contributed by atoms with Crippen LogP contribution in [-0.2, 0) is 10.1 Å². The van der Waals surface area contributed by atoms with Gasteiger partial charge in [-0.3, -0.25) is 0 Å². The second-order valence-electron chi connectivity index (χ2n) is 6.86. The van der Waals surface area contributed by atoms with Gasteiger partial charge in [0.1, 0.15) is 0 Å². The van der Waals surface area contributed by atoms with Crippen LogP contribution in [0.25, 0.3) is 0 Å². The summed E-state index contributed by atoms with van der Waals surface area (Å²) in [4.78, 5) is 0. The maximum absolute atomic E-state index is 10.2. The average molecular weight is 366 g/mol. The number of nitrogens with zero attached hydrogens (tertiary/aromatic N) is 1. The normalized spacial score (nSPS) is 11.9. The molecule has 0 spiro atoms. The topological polar surface area (TPSA) is 57.2 Å². The highest BCUT2D eigenvalue weighted by atomic mass is 32.2. The molecular formula is C19H43NO3S. The molecule has 0 rings (SSSR count). The summed E-state index contributed by atoms with van der Waals surface area (Å²) < 4.78 is 31.8. The van der Waals surface area contributed by atoms with Crippen LogP contribution in [0.15, 0.2) is 0 Å². The van der Waals surface area contributed by atoms with Crippen molar-refractivity contribution in [3.63, 3.8) is 0 Å². The highest BCUT2D eigenvalue weighted by molar-refractivity contribution is 7.85. The van der Waals surface area contributed by atoms with E-state index < -0.39 is 10.1 Å². The summed E-state index contributed by atoms with van der Waals surface area (Å²) >= 11 is 0. The summed E-state index contributed by atoms with van der Waals surface area (Å²) in [6.07, 6.45) is 9.94. The van der Waals surface area contributed by atoms with Crippen LogP contribution < -0.4 is 0 Å². The Hall–Kier alpha value is -0.130. The van der Waals surface area contributed by atoms with Crippen LogP contribution in [0.1, 0.15) is 92.4 Å². The van der Waals surface area contributed by atoms with Gasteiger partial charge in [-0.15, -0.1) is 0 Å². The fourth-order valence-electron chi connectivity index (χ4n) is 3.29. The summed E-state index contributed by atoms with van der Waals surface area (Å²) in [7, 11) is -3.97. The standard InChI is InChI=1S/C11H26N.C8H18O3S/c1-5-9-12(8-4,10-6-2)11-7-3;1-2-3-4-5-6-7-8-12(9,10)11/h5-11H2,1-4H3;2-8H2,1H3,(H,9,10,11)/q+1;/p-1. The quantitative estimate of drug-likeness (QED) is 0.249. The molecule has 24 heavy (non-hydrogen) atoms. The first kappa shape index (κ1) is 26.1. The summed E-state index contributed by atoms with van der Waals surface area (Å²) in [5, 5.41) is 0. The first-order valence-electron chi connectivity index (χ1n) is 10.1. The van der Waals surface area contributed by atoms with Crippen LogP contribution in [0.5, 0.6) is 0 Å². The molecule has 0 atom stereocenters. The van der Waals surface area contributed by atoms with Crippen molar-refractivity contribution in [3.05, 3.63) is 0 Å². The maximum atomic E-state index is 10.2. The third kappa shape index (κ3) is 16.7. The fraction of sp³-hybridized carbons (Fsp3) is 1.00. The number of hydrogen-bond acceptors (Lipinski definition) is 3. The lowest BCUT2D eigenvalue weighted by Crippen LogP contribution is -2.49. The van der Waals surface area contributed by atoms with Crippen molar-refractivity contribution in [2.24, 2.45) is 0 Å². The van der Waals surface area contributed by atoms with Crippen molar-refractivity contribution in [1.82, 2.24) is 0 Å².